The Kier molecular flexibility index (Phi) is 2.37. The quantitative estimate of drug-likeness (QED) is 0.758. The summed E-state index contributed by atoms with van der Waals surface area (Å²) < 4.78 is 30.8. The molecule has 5 nitrogen and oxygen atoms in total. The van der Waals surface area contributed by atoms with Crippen LogP contribution in [0, 0.1) is 5.41 Å². The third-order valence-electron chi connectivity index (χ3n) is 3.22. The van der Waals surface area contributed by atoms with Gasteiger partial charge in [-0.15, -0.1) is 0 Å². The first-order chi connectivity index (χ1) is 7.85. The largest absolute Gasteiger partial charge is 0.480 e. The molecule has 2 aliphatic rings. The summed E-state index contributed by atoms with van der Waals surface area (Å²) in [5, 5.41) is 8.88. The minimum Gasteiger partial charge on any atom is -0.480 e. The lowest BCUT2D eigenvalue weighted by atomic mass is 9.84. The van der Waals surface area contributed by atoms with E-state index in [1.54, 1.807) is 0 Å². The van der Waals surface area contributed by atoms with E-state index in [0.29, 0.717) is 0 Å². The number of nitrogens with zero attached hydrogens (tertiary/aromatic N) is 1. The molecular weight excluding hydrogens is 236 g/mol. The van der Waals surface area contributed by atoms with Crippen LogP contribution in [0.3, 0.4) is 0 Å². The predicted octanol–water partition coefficient (Wildman–Crippen LogP) is 1.10. The first-order valence-electron chi connectivity index (χ1n) is 5.01. The number of carboxylic acids is 1. The Bertz CT molecular complexity index is 398. The predicted molar refractivity (Wildman–Crippen MR) is 51.7 cm³/mol. The maximum absolute atomic E-state index is 13.1. The van der Waals surface area contributed by atoms with Crippen molar-refractivity contribution in [3.05, 3.63) is 12.7 Å². The van der Waals surface area contributed by atoms with Crippen molar-refractivity contribution in [2.24, 2.45) is 5.41 Å². The molecule has 0 unspecified atom stereocenters. The van der Waals surface area contributed by atoms with Crippen LogP contribution in [0.4, 0.5) is 13.6 Å². The van der Waals surface area contributed by atoms with Gasteiger partial charge in [0.15, 0.2) is 0 Å². The van der Waals surface area contributed by atoms with E-state index in [1.165, 1.54) is 6.08 Å². The molecule has 1 N–H and O–H groups in total. The second-order valence-electron chi connectivity index (χ2n) is 4.27. The molecule has 2 rings (SSSR count). The molecule has 1 heterocycles. The number of ether oxygens (including phenoxy) is 1. The number of rotatable bonds is 3. The molecule has 17 heavy (non-hydrogen) atoms. The van der Waals surface area contributed by atoms with E-state index >= 15 is 0 Å². The van der Waals surface area contributed by atoms with E-state index in [2.05, 4.69) is 11.3 Å². The fourth-order valence-corrected chi connectivity index (χ4v) is 2.24. The third-order valence-corrected chi connectivity index (χ3v) is 3.22. The van der Waals surface area contributed by atoms with E-state index < -0.39 is 35.9 Å². The van der Waals surface area contributed by atoms with Gasteiger partial charge < -0.3 is 9.84 Å². The molecule has 1 saturated heterocycles. The second kappa shape index (κ2) is 3.41. The average molecular weight is 247 g/mol. The Morgan fingerprint density at radius 1 is 1.59 bits per heavy atom. The van der Waals surface area contributed by atoms with E-state index in [1.807, 2.05) is 0 Å². The average Bonchev–Trinajstić information content (AvgIpc) is 2.76. The normalized spacial score (nSPS) is 32.8. The summed E-state index contributed by atoms with van der Waals surface area (Å²) in [5.41, 5.74) is -1.58. The zero-order valence-electron chi connectivity index (χ0n) is 8.86. The number of aliphatic carboxylic acids is 1. The van der Waals surface area contributed by atoms with Gasteiger partial charge in [0.2, 0.25) is 0 Å². The molecule has 0 aromatic heterocycles. The summed E-state index contributed by atoms with van der Waals surface area (Å²) in [6, 6.07) is -1.49. The summed E-state index contributed by atoms with van der Waals surface area (Å²) >= 11 is 0. The lowest BCUT2D eigenvalue weighted by Gasteiger charge is -2.45. The Balaban J connectivity index is 2.06. The number of carbonyl (C=O) groups excluding carboxylic acids is 1. The highest BCUT2D eigenvalue weighted by molar-refractivity contribution is 5.84. The maximum Gasteiger partial charge on any atom is 0.410 e. The van der Waals surface area contributed by atoms with Crippen LogP contribution in [0.25, 0.3) is 0 Å². The molecular formula is C10H11F2NO4. The molecule has 0 radical (unpaired) electrons. The van der Waals surface area contributed by atoms with E-state index in [0.717, 1.165) is 4.90 Å². The van der Waals surface area contributed by atoms with Gasteiger partial charge in [0, 0.05) is 13.0 Å². The van der Waals surface area contributed by atoms with Crippen molar-refractivity contribution in [1.29, 1.82) is 0 Å². The van der Waals surface area contributed by atoms with Crippen molar-refractivity contribution >= 4 is 12.1 Å². The summed E-state index contributed by atoms with van der Waals surface area (Å²) in [7, 11) is 0. The van der Waals surface area contributed by atoms with Gasteiger partial charge in [0.05, 0.1) is 5.41 Å². The van der Waals surface area contributed by atoms with Crippen LogP contribution in [0.5, 0.6) is 0 Å². The molecule has 7 heteroatoms. The van der Waals surface area contributed by atoms with Gasteiger partial charge in [-0.05, 0) is 0 Å². The number of hydrogen-bond acceptors (Lipinski definition) is 3. The number of carboxylic acid groups (broad SMARTS) is 1. The SMILES string of the molecule is C=CCOC(=O)N1C[C@]2(CC2(F)F)[C@@H]1C(=O)O. The van der Waals surface area contributed by atoms with Crippen molar-refractivity contribution in [3.63, 3.8) is 0 Å². The van der Waals surface area contributed by atoms with Crippen LogP contribution in [0.1, 0.15) is 6.42 Å². The number of carbonyl (C=O) groups is 2. The number of likely N-dealkylation sites (tertiary alicyclic amines) is 1. The van der Waals surface area contributed by atoms with Crippen LogP contribution in [0.2, 0.25) is 0 Å². The molecule has 0 aromatic rings. The second-order valence-corrected chi connectivity index (χ2v) is 4.27. The van der Waals surface area contributed by atoms with Crippen LogP contribution >= 0.6 is 0 Å². The van der Waals surface area contributed by atoms with Crippen LogP contribution < -0.4 is 0 Å². The standard InChI is InChI=1S/C10H11F2NO4/c1-2-3-17-8(16)13-5-9(4-10(9,11)12)6(13)7(14)15/h2,6H,1,3-5H2,(H,14,15)/t6-,9+/m0/s1. The van der Waals surface area contributed by atoms with Crippen LogP contribution in [-0.4, -0.2) is 47.2 Å². The Labute approximate surface area is 95.6 Å². The van der Waals surface area contributed by atoms with Gasteiger partial charge in [-0.2, -0.15) is 0 Å². The van der Waals surface area contributed by atoms with Crippen LogP contribution in [0.15, 0.2) is 12.7 Å². The molecule has 1 aliphatic carbocycles. The summed E-state index contributed by atoms with van der Waals surface area (Å²) in [4.78, 5) is 23.1. The highest BCUT2D eigenvalue weighted by Crippen LogP contribution is 2.68. The lowest BCUT2D eigenvalue weighted by molar-refractivity contribution is -0.159. The van der Waals surface area contributed by atoms with Gasteiger partial charge >= 0.3 is 12.1 Å². The molecule has 1 spiro atoms. The van der Waals surface area contributed by atoms with E-state index in [9.17, 15) is 18.4 Å². The molecule has 2 atom stereocenters. The fraction of sp³-hybridized carbons (Fsp3) is 0.600. The van der Waals surface area contributed by atoms with E-state index in [4.69, 9.17) is 5.11 Å². The van der Waals surface area contributed by atoms with Crippen molar-refractivity contribution in [1.82, 2.24) is 4.90 Å². The molecule has 2 fully saturated rings. The topological polar surface area (TPSA) is 66.8 Å². The smallest absolute Gasteiger partial charge is 0.410 e. The third kappa shape index (κ3) is 1.49. The zero-order chi connectivity index (χ0) is 12.8. The molecule has 1 aliphatic heterocycles. The molecule has 1 amide bonds. The van der Waals surface area contributed by atoms with Gasteiger partial charge in [-0.1, -0.05) is 12.7 Å². The van der Waals surface area contributed by atoms with E-state index in [-0.39, 0.29) is 13.2 Å². The lowest BCUT2D eigenvalue weighted by Crippen LogP contribution is -2.65. The first-order valence-corrected chi connectivity index (χ1v) is 5.01. The van der Waals surface area contributed by atoms with Crippen LogP contribution in [-0.2, 0) is 9.53 Å². The van der Waals surface area contributed by atoms with Crippen molar-refractivity contribution in [2.75, 3.05) is 13.2 Å². The Morgan fingerprint density at radius 3 is 2.59 bits per heavy atom. The Morgan fingerprint density at radius 2 is 2.18 bits per heavy atom. The Hall–Kier alpha value is -1.66. The van der Waals surface area contributed by atoms with Crippen molar-refractivity contribution in [3.8, 4) is 0 Å². The molecule has 94 valence electrons. The van der Waals surface area contributed by atoms with Gasteiger partial charge in [0.25, 0.3) is 5.92 Å². The van der Waals surface area contributed by atoms with Gasteiger partial charge in [0.1, 0.15) is 12.6 Å². The number of hydrogen-bond donors (Lipinski definition) is 1. The van der Waals surface area contributed by atoms with Gasteiger partial charge in [-0.25, -0.2) is 18.4 Å². The highest BCUT2D eigenvalue weighted by Gasteiger charge is 2.83. The molecule has 1 saturated carbocycles. The number of alkyl halides is 2. The van der Waals surface area contributed by atoms with Crippen molar-refractivity contribution in [2.45, 2.75) is 18.4 Å². The molecule has 0 bridgehead atoms. The number of amides is 1. The van der Waals surface area contributed by atoms with Gasteiger partial charge in [-0.3, -0.25) is 4.90 Å². The summed E-state index contributed by atoms with van der Waals surface area (Å²) in [6.07, 6.45) is -0.0671. The summed E-state index contributed by atoms with van der Waals surface area (Å²) in [6.45, 7) is 2.97. The first kappa shape index (κ1) is 11.8. The molecule has 0 aromatic carbocycles. The summed E-state index contributed by atoms with van der Waals surface area (Å²) in [5.74, 6) is -4.42. The van der Waals surface area contributed by atoms with Crippen molar-refractivity contribution < 1.29 is 28.2 Å². The number of halogens is 2. The monoisotopic (exact) mass is 247 g/mol. The maximum atomic E-state index is 13.1. The fourth-order valence-electron chi connectivity index (χ4n) is 2.24. The zero-order valence-corrected chi connectivity index (χ0v) is 8.86. The minimum absolute atomic E-state index is 0.0783. The highest BCUT2D eigenvalue weighted by atomic mass is 19.3. The minimum atomic E-state index is -2.99.